The maximum absolute atomic E-state index is 12.0. The number of nitrogens with two attached hydrogens (primary N) is 1. The molecule has 1 unspecified atom stereocenters. The summed E-state index contributed by atoms with van der Waals surface area (Å²) in [4.78, 5) is 24.0. The number of carbonyl (C=O) groups excluding carboxylic acids is 2. The van der Waals surface area contributed by atoms with Gasteiger partial charge in [0.2, 0.25) is 11.8 Å². The van der Waals surface area contributed by atoms with Crippen LogP contribution in [0.25, 0.3) is 0 Å². The standard InChI is InChI=1S/C17H34N4O2/c1-4-6-7-8-9-12-16(22)21-15(17(23)19-5-2)11-10-13-20-14(3)18/h15,20H,3-13,18H2,1-2H3,(H,19,23)(H,21,22). The van der Waals surface area contributed by atoms with Crippen LogP contribution in [-0.2, 0) is 9.59 Å². The van der Waals surface area contributed by atoms with Crippen molar-refractivity contribution in [3.8, 4) is 0 Å². The minimum absolute atomic E-state index is 0.0473. The molecule has 6 heteroatoms. The summed E-state index contributed by atoms with van der Waals surface area (Å²) in [6.07, 6.45) is 7.30. The summed E-state index contributed by atoms with van der Waals surface area (Å²) >= 11 is 0. The number of carbonyl (C=O) groups is 2. The Bertz CT molecular complexity index is 359. The fraction of sp³-hybridized carbons (Fsp3) is 0.765. The van der Waals surface area contributed by atoms with E-state index in [0.717, 1.165) is 25.7 Å². The van der Waals surface area contributed by atoms with Crippen LogP contribution in [-0.4, -0.2) is 30.9 Å². The Morgan fingerprint density at radius 1 is 1.04 bits per heavy atom. The average Bonchev–Trinajstić information content (AvgIpc) is 2.50. The van der Waals surface area contributed by atoms with Crippen LogP contribution in [0, 0.1) is 0 Å². The van der Waals surface area contributed by atoms with E-state index in [2.05, 4.69) is 29.5 Å². The van der Waals surface area contributed by atoms with Gasteiger partial charge >= 0.3 is 0 Å². The first kappa shape index (κ1) is 21.3. The number of unbranched alkanes of at least 4 members (excludes halogenated alkanes) is 4. The van der Waals surface area contributed by atoms with Gasteiger partial charge in [0.25, 0.3) is 0 Å². The second kappa shape index (κ2) is 13.9. The lowest BCUT2D eigenvalue weighted by Crippen LogP contribution is -2.46. The van der Waals surface area contributed by atoms with Crippen LogP contribution in [0.1, 0.15) is 65.2 Å². The van der Waals surface area contributed by atoms with Gasteiger partial charge in [-0.25, -0.2) is 0 Å². The number of amides is 2. The molecule has 0 saturated carbocycles. The van der Waals surface area contributed by atoms with E-state index >= 15 is 0 Å². The largest absolute Gasteiger partial charge is 0.386 e. The van der Waals surface area contributed by atoms with E-state index in [-0.39, 0.29) is 11.8 Å². The Labute approximate surface area is 140 Å². The first-order valence-electron chi connectivity index (χ1n) is 8.76. The van der Waals surface area contributed by atoms with Gasteiger partial charge in [-0.05, 0) is 26.2 Å². The Kier molecular flexibility index (Phi) is 12.9. The van der Waals surface area contributed by atoms with Gasteiger partial charge in [0, 0.05) is 19.5 Å². The van der Waals surface area contributed by atoms with Crippen molar-refractivity contribution in [3.05, 3.63) is 12.4 Å². The van der Waals surface area contributed by atoms with Crippen LogP contribution in [0.15, 0.2) is 12.4 Å². The number of hydrogen-bond acceptors (Lipinski definition) is 4. The Morgan fingerprint density at radius 2 is 1.74 bits per heavy atom. The molecule has 0 aliphatic rings. The van der Waals surface area contributed by atoms with Crippen LogP contribution in [0.4, 0.5) is 0 Å². The lowest BCUT2D eigenvalue weighted by atomic mass is 10.1. The Balaban J connectivity index is 4.15. The normalized spacial score (nSPS) is 11.6. The molecule has 0 rings (SSSR count). The molecular formula is C17H34N4O2. The van der Waals surface area contributed by atoms with Crippen LogP contribution in [0.2, 0.25) is 0 Å². The first-order valence-corrected chi connectivity index (χ1v) is 8.76. The molecule has 1 atom stereocenters. The summed E-state index contributed by atoms with van der Waals surface area (Å²) in [5, 5.41) is 8.53. The van der Waals surface area contributed by atoms with Crippen LogP contribution < -0.4 is 21.7 Å². The highest BCUT2D eigenvalue weighted by Crippen LogP contribution is 2.06. The van der Waals surface area contributed by atoms with Crippen LogP contribution in [0.5, 0.6) is 0 Å². The van der Waals surface area contributed by atoms with Crippen molar-refractivity contribution in [3.63, 3.8) is 0 Å². The fourth-order valence-electron chi connectivity index (χ4n) is 2.28. The lowest BCUT2D eigenvalue weighted by Gasteiger charge is -2.18. The van der Waals surface area contributed by atoms with Crippen LogP contribution >= 0.6 is 0 Å². The van der Waals surface area contributed by atoms with Crippen molar-refractivity contribution >= 4 is 11.8 Å². The predicted octanol–water partition coefficient (Wildman–Crippen LogP) is 1.77. The molecular weight excluding hydrogens is 292 g/mol. The van der Waals surface area contributed by atoms with Crippen molar-refractivity contribution in [2.75, 3.05) is 13.1 Å². The van der Waals surface area contributed by atoms with Crippen molar-refractivity contribution in [1.82, 2.24) is 16.0 Å². The third kappa shape index (κ3) is 12.5. The zero-order chi connectivity index (χ0) is 17.5. The maximum atomic E-state index is 12.0. The molecule has 0 bridgehead atoms. The Morgan fingerprint density at radius 3 is 2.35 bits per heavy atom. The summed E-state index contributed by atoms with van der Waals surface area (Å²) in [6.45, 7) is 8.78. The monoisotopic (exact) mass is 326 g/mol. The smallest absolute Gasteiger partial charge is 0.242 e. The molecule has 0 aliphatic heterocycles. The van der Waals surface area contributed by atoms with Gasteiger partial charge in [0.15, 0.2) is 0 Å². The molecule has 0 aliphatic carbocycles. The van der Waals surface area contributed by atoms with E-state index in [9.17, 15) is 9.59 Å². The van der Waals surface area contributed by atoms with E-state index in [1.54, 1.807) is 0 Å². The molecule has 0 radical (unpaired) electrons. The second-order valence-electron chi connectivity index (χ2n) is 5.77. The van der Waals surface area contributed by atoms with Gasteiger partial charge in [-0.15, -0.1) is 0 Å². The molecule has 6 nitrogen and oxygen atoms in total. The topological polar surface area (TPSA) is 96.2 Å². The molecule has 134 valence electrons. The Hall–Kier alpha value is -1.72. The highest BCUT2D eigenvalue weighted by Gasteiger charge is 2.19. The molecule has 0 aromatic rings. The summed E-state index contributed by atoms with van der Waals surface area (Å²) in [7, 11) is 0. The van der Waals surface area contributed by atoms with Crippen molar-refractivity contribution in [2.24, 2.45) is 5.73 Å². The van der Waals surface area contributed by atoms with E-state index in [1.807, 2.05) is 6.92 Å². The van der Waals surface area contributed by atoms with E-state index in [0.29, 0.717) is 31.8 Å². The van der Waals surface area contributed by atoms with E-state index in [1.165, 1.54) is 12.8 Å². The van der Waals surface area contributed by atoms with Gasteiger partial charge < -0.3 is 21.7 Å². The highest BCUT2D eigenvalue weighted by atomic mass is 16.2. The number of hydrogen-bond donors (Lipinski definition) is 4. The van der Waals surface area contributed by atoms with Gasteiger partial charge in [-0.3, -0.25) is 9.59 Å². The molecule has 0 fully saturated rings. The molecule has 0 aromatic heterocycles. The maximum Gasteiger partial charge on any atom is 0.242 e. The van der Waals surface area contributed by atoms with Gasteiger partial charge in [0.1, 0.15) is 6.04 Å². The number of rotatable bonds is 14. The molecule has 0 heterocycles. The fourth-order valence-corrected chi connectivity index (χ4v) is 2.28. The minimum Gasteiger partial charge on any atom is -0.386 e. The second-order valence-corrected chi connectivity index (χ2v) is 5.77. The third-order valence-electron chi connectivity index (χ3n) is 3.53. The van der Waals surface area contributed by atoms with E-state index in [4.69, 9.17) is 5.73 Å². The van der Waals surface area contributed by atoms with Crippen molar-refractivity contribution < 1.29 is 9.59 Å². The molecule has 0 spiro atoms. The summed E-state index contributed by atoms with van der Waals surface area (Å²) in [5.74, 6) is 0.239. The SMILES string of the molecule is C=C(N)NCCCC(NC(=O)CCCCCCC)C(=O)NCC. The predicted molar refractivity (Wildman–Crippen MR) is 94.6 cm³/mol. The molecule has 23 heavy (non-hydrogen) atoms. The zero-order valence-corrected chi connectivity index (χ0v) is 14.7. The molecule has 5 N–H and O–H groups in total. The van der Waals surface area contributed by atoms with E-state index < -0.39 is 6.04 Å². The third-order valence-corrected chi connectivity index (χ3v) is 3.53. The summed E-state index contributed by atoms with van der Waals surface area (Å²) < 4.78 is 0. The summed E-state index contributed by atoms with van der Waals surface area (Å²) in [5.41, 5.74) is 5.43. The minimum atomic E-state index is -0.481. The summed E-state index contributed by atoms with van der Waals surface area (Å²) in [6, 6.07) is -0.481. The number of nitrogens with one attached hydrogen (secondary N) is 3. The van der Waals surface area contributed by atoms with Gasteiger partial charge in [-0.1, -0.05) is 39.2 Å². The van der Waals surface area contributed by atoms with Crippen LogP contribution in [0.3, 0.4) is 0 Å². The molecule has 2 amide bonds. The van der Waals surface area contributed by atoms with Gasteiger partial charge in [-0.2, -0.15) is 0 Å². The van der Waals surface area contributed by atoms with Gasteiger partial charge in [0.05, 0.1) is 5.82 Å². The quantitative estimate of drug-likeness (QED) is 0.366. The highest BCUT2D eigenvalue weighted by molar-refractivity contribution is 5.87. The average molecular weight is 326 g/mol. The zero-order valence-electron chi connectivity index (χ0n) is 14.7. The first-order chi connectivity index (χ1) is 11.0. The lowest BCUT2D eigenvalue weighted by molar-refractivity contribution is -0.129. The number of likely N-dealkylation sites (N-methyl/N-ethyl adjacent to an activating group) is 1. The molecule has 0 aromatic carbocycles. The van der Waals surface area contributed by atoms with Crippen molar-refractivity contribution in [1.29, 1.82) is 0 Å². The van der Waals surface area contributed by atoms with Crippen molar-refractivity contribution in [2.45, 2.75) is 71.3 Å². The molecule has 0 saturated heterocycles.